The van der Waals surface area contributed by atoms with Crippen molar-refractivity contribution in [1.29, 1.82) is 0 Å². The summed E-state index contributed by atoms with van der Waals surface area (Å²) in [6, 6.07) is -1.74. The molecule has 6 heteroatoms. The van der Waals surface area contributed by atoms with Gasteiger partial charge in [-0.1, -0.05) is 0 Å². The first kappa shape index (κ1) is 9.41. The van der Waals surface area contributed by atoms with Crippen molar-refractivity contribution in [2.45, 2.75) is 6.92 Å². The molecule has 62 valence electrons. The van der Waals surface area contributed by atoms with Crippen LogP contribution < -0.4 is 11.1 Å². The van der Waals surface area contributed by atoms with Gasteiger partial charge >= 0.3 is 12.1 Å². The quantitative estimate of drug-likeness (QED) is 0.487. The van der Waals surface area contributed by atoms with Gasteiger partial charge in [0.05, 0.1) is 0 Å². The Morgan fingerprint density at radius 2 is 1.82 bits per heavy atom. The van der Waals surface area contributed by atoms with Crippen LogP contribution in [0, 0.1) is 0 Å². The van der Waals surface area contributed by atoms with Crippen molar-refractivity contribution < 1.29 is 14.4 Å². The minimum absolute atomic E-state index is 0.539. The standard InChI is InChI=1S/C5H9N3O3/c1-3(9)7-5(11)8(2)4(6)10/h1-2H3,(H2,6,10)(H,7,9,11). The van der Waals surface area contributed by atoms with Crippen LogP contribution in [0.15, 0.2) is 0 Å². The molecule has 0 aliphatic rings. The molecule has 0 unspecified atom stereocenters. The molecule has 6 nitrogen and oxygen atoms in total. The molecule has 0 aromatic rings. The molecule has 0 radical (unpaired) electrons. The second-order valence-corrected chi connectivity index (χ2v) is 1.88. The fraction of sp³-hybridized carbons (Fsp3) is 0.400. The van der Waals surface area contributed by atoms with E-state index >= 15 is 0 Å². The molecule has 0 aromatic heterocycles. The Labute approximate surface area is 63.3 Å². The van der Waals surface area contributed by atoms with Crippen molar-refractivity contribution >= 4 is 18.0 Å². The summed E-state index contributed by atoms with van der Waals surface area (Å²) in [7, 11) is 1.17. The maximum Gasteiger partial charge on any atom is 0.331 e. The summed E-state index contributed by atoms with van der Waals surface area (Å²) >= 11 is 0. The van der Waals surface area contributed by atoms with E-state index in [9.17, 15) is 14.4 Å². The van der Waals surface area contributed by atoms with Gasteiger partial charge in [0.2, 0.25) is 5.91 Å². The lowest BCUT2D eigenvalue weighted by Gasteiger charge is -2.10. The van der Waals surface area contributed by atoms with Crippen LogP contribution in [-0.2, 0) is 4.79 Å². The molecule has 0 atom stereocenters. The van der Waals surface area contributed by atoms with Gasteiger partial charge in [-0.25, -0.2) is 14.5 Å². The van der Waals surface area contributed by atoms with Gasteiger partial charge in [0.1, 0.15) is 0 Å². The second-order valence-electron chi connectivity index (χ2n) is 1.88. The molecule has 0 aliphatic carbocycles. The maximum absolute atomic E-state index is 10.7. The minimum Gasteiger partial charge on any atom is -0.351 e. The number of urea groups is 2. The molecule has 3 N–H and O–H groups in total. The van der Waals surface area contributed by atoms with Crippen molar-refractivity contribution in [2.24, 2.45) is 5.73 Å². The molecule has 0 bridgehead atoms. The molecule has 0 heterocycles. The Balaban J connectivity index is 4.04. The van der Waals surface area contributed by atoms with Crippen molar-refractivity contribution in [2.75, 3.05) is 7.05 Å². The number of amides is 5. The summed E-state index contributed by atoms with van der Waals surface area (Å²) in [6.07, 6.45) is 0. The van der Waals surface area contributed by atoms with Crippen LogP contribution >= 0.6 is 0 Å². The minimum atomic E-state index is -0.913. The van der Waals surface area contributed by atoms with Crippen LogP contribution in [0.25, 0.3) is 0 Å². The van der Waals surface area contributed by atoms with E-state index in [-0.39, 0.29) is 0 Å². The monoisotopic (exact) mass is 159 g/mol. The highest BCUT2D eigenvalue weighted by molar-refractivity contribution is 6.00. The lowest BCUT2D eigenvalue weighted by atomic mass is 10.6. The van der Waals surface area contributed by atoms with Gasteiger partial charge in [0.15, 0.2) is 0 Å². The largest absolute Gasteiger partial charge is 0.351 e. The Bertz CT molecular complexity index is 201. The molecule has 0 aromatic carbocycles. The smallest absolute Gasteiger partial charge is 0.331 e. The summed E-state index contributed by atoms with van der Waals surface area (Å²) < 4.78 is 0. The number of rotatable bonds is 0. The normalized spacial score (nSPS) is 8.55. The number of hydrogen-bond acceptors (Lipinski definition) is 3. The molecule has 5 amide bonds. The lowest BCUT2D eigenvalue weighted by molar-refractivity contribution is -0.118. The number of nitrogens with zero attached hydrogens (tertiary/aromatic N) is 1. The zero-order chi connectivity index (χ0) is 9.02. The Hall–Kier alpha value is -1.59. The van der Waals surface area contributed by atoms with E-state index in [1.807, 2.05) is 5.32 Å². The molecule has 0 rings (SSSR count). The number of nitrogens with one attached hydrogen (secondary N) is 1. The summed E-state index contributed by atoms with van der Waals surface area (Å²) in [5.41, 5.74) is 4.73. The van der Waals surface area contributed by atoms with Gasteiger partial charge in [-0.15, -0.1) is 0 Å². The molecular formula is C5H9N3O3. The number of hydrogen-bond donors (Lipinski definition) is 2. The summed E-state index contributed by atoms with van der Waals surface area (Å²) in [4.78, 5) is 31.9. The Morgan fingerprint density at radius 1 is 1.36 bits per heavy atom. The van der Waals surface area contributed by atoms with E-state index < -0.39 is 18.0 Å². The average Bonchev–Trinajstić information content (AvgIpc) is 1.84. The lowest BCUT2D eigenvalue weighted by Crippen LogP contribution is -2.45. The highest BCUT2D eigenvalue weighted by atomic mass is 16.2. The van der Waals surface area contributed by atoms with Gasteiger partial charge in [-0.2, -0.15) is 0 Å². The summed E-state index contributed by atoms with van der Waals surface area (Å²) in [5, 5.41) is 1.87. The average molecular weight is 159 g/mol. The van der Waals surface area contributed by atoms with Crippen molar-refractivity contribution in [3.05, 3.63) is 0 Å². The molecule has 0 aliphatic heterocycles. The number of imide groups is 2. The Morgan fingerprint density at radius 3 is 2.09 bits per heavy atom. The number of nitrogens with two attached hydrogens (primary N) is 1. The summed E-state index contributed by atoms with van der Waals surface area (Å²) in [5.74, 6) is -0.539. The second kappa shape index (κ2) is 3.55. The van der Waals surface area contributed by atoms with E-state index in [1.165, 1.54) is 7.05 Å². The van der Waals surface area contributed by atoms with Crippen LogP contribution in [-0.4, -0.2) is 29.9 Å². The molecule has 0 saturated heterocycles. The third-order valence-corrected chi connectivity index (χ3v) is 0.918. The van der Waals surface area contributed by atoms with Gasteiger partial charge in [-0.3, -0.25) is 10.1 Å². The predicted molar refractivity (Wildman–Crippen MR) is 36.6 cm³/mol. The van der Waals surface area contributed by atoms with Crippen LogP contribution in [0.1, 0.15) is 6.92 Å². The number of carbonyl (C=O) groups excluding carboxylic acids is 3. The predicted octanol–water partition coefficient (Wildman–Crippen LogP) is -0.747. The zero-order valence-electron chi connectivity index (χ0n) is 6.25. The molecule has 0 saturated carbocycles. The van der Waals surface area contributed by atoms with Crippen molar-refractivity contribution in [3.63, 3.8) is 0 Å². The zero-order valence-corrected chi connectivity index (χ0v) is 6.25. The molecule has 0 fully saturated rings. The van der Waals surface area contributed by atoms with Gasteiger partial charge in [0.25, 0.3) is 0 Å². The molecule has 11 heavy (non-hydrogen) atoms. The number of carbonyl (C=O) groups is 3. The third kappa shape index (κ3) is 3.19. The highest BCUT2D eigenvalue weighted by Gasteiger charge is 2.13. The molecule has 0 spiro atoms. The van der Waals surface area contributed by atoms with E-state index in [4.69, 9.17) is 5.73 Å². The van der Waals surface area contributed by atoms with Crippen LogP contribution in [0.4, 0.5) is 9.59 Å². The highest BCUT2D eigenvalue weighted by Crippen LogP contribution is 1.81. The van der Waals surface area contributed by atoms with Crippen LogP contribution in [0.2, 0.25) is 0 Å². The van der Waals surface area contributed by atoms with E-state index in [0.29, 0.717) is 4.90 Å². The third-order valence-electron chi connectivity index (χ3n) is 0.918. The van der Waals surface area contributed by atoms with Gasteiger partial charge in [0, 0.05) is 14.0 Å². The number of primary amides is 1. The Kier molecular flexibility index (Phi) is 3.03. The first-order valence-corrected chi connectivity index (χ1v) is 2.80. The molecular weight excluding hydrogens is 150 g/mol. The van der Waals surface area contributed by atoms with Crippen molar-refractivity contribution in [3.8, 4) is 0 Å². The van der Waals surface area contributed by atoms with E-state index in [0.717, 1.165) is 6.92 Å². The topological polar surface area (TPSA) is 92.5 Å². The van der Waals surface area contributed by atoms with Crippen molar-refractivity contribution in [1.82, 2.24) is 10.2 Å². The fourth-order valence-electron chi connectivity index (χ4n) is 0.335. The first-order chi connectivity index (χ1) is 4.95. The van der Waals surface area contributed by atoms with E-state index in [1.54, 1.807) is 0 Å². The fourth-order valence-corrected chi connectivity index (χ4v) is 0.335. The van der Waals surface area contributed by atoms with Gasteiger partial charge < -0.3 is 5.73 Å². The first-order valence-electron chi connectivity index (χ1n) is 2.80. The van der Waals surface area contributed by atoms with Gasteiger partial charge in [-0.05, 0) is 0 Å². The SMILES string of the molecule is CC(=O)NC(=O)N(C)C(N)=O. The van der Waals surface area contributed by atoms with Crippen LogP contribution in [0.5, 0.6) is 0 Å². The maximum atomic E-state index is 10.7. The van der Waals surface area contributed by atoms with Crippen LogP contribution in [0.3, 0.4) is 0 Å². The van der Waals surface area contributed by atoms with E-state index in [2.05, 4.69) is 0 Å². The summed E-state index contributed by atoms with van der Waals surface area (Å²) in [6.45, 7) is 1.16.